The Morgan fingerprint density at radius 3 is 3.03 bits per heavy atom. The predicted molar refractivity (Wildman–Crippen MR) is 137 cm³/mol. The smallest absolute Gasteiger partial charge is 0.280 e. The van der Waals surface area contributed by atoms with Gasteiger partial charge in [-0.15, -0.1) is 11.3 Å². The lowest BCUT2D eigenvalue weighted by molar-refractivity contribution is 0.0612. The number of thiazole rings is 1. The molecule has 186 valence electrons. The van der Waals surface area contributed by atoms with E-state index in [1.807, 2.05) is 12.1 Å². The Morgan fingerprint density at radius 1 is 1.40 bits per heavy atom. The van der Waals surface area contributed by atoms with Crippen LogP contribution in [0, 0.1) is 5.92 Å². The van der Waals surface area contributed by atoms with E-state index in [4.69, 9.17) is 22.1 Å². The number of carbonyl (C=O) groups excluding carboxylic acids is 2. The molecule has 8 nitrogen and oxygen atoms in total. The van der Waals surface area contributed by atoms with Crippen LogP contribution in [0.3, 0.4) is 0 Å². The van der Waals surface area contributed by atoms with Gasteiger partial charge in [-0.05, 0) is 56.5 Å². The zero-order valence-corrected chi connectivity index (χ0v) is 21.5. The second-order valence-corrected chi connectivity index (χ2v) is 11.3. The molecule has 2 aromatic heterocycles. The first-order valence-electron chi connectivity index (χ1n) is 11.9. The molecule has 3 atom stereocenters. The standard InChI is InChI=1S/C25H30ClN5O3S/c1-31-8-6-18-20(12-31)35-24(29-18)23(33)30-21-9-14(13-34-2)5-7-25(21,27)22(32)19-11-15-10-16(26)3-4-17(15)28-19/h3-4,10-11,14,21,28H,5-9,12-13,27H2,1-2H3,(H,30,33). The number of carbonyl (C=O) groups is 2. The predicted octanol–water partition coefficient (Wildman–Crippen LogP) is 3.39. The monoisotopic (exact) mass is 515 g/mol. The minimum Gasteiger partial charge on any atom is -0.384 e. The van der Waals surface area contributed by atoms with Crippen molar-refractivity contribution in [1.82, 2.24) is 20.2 Å². The highest BCUT2D eigenvalue weighted by Gasteiger charge is 2.48. The molecule has 1 aliphatic carbocycles. The first kappa shape index (κ1) is 24.4. The van der Waals surface area contributed by atoms with Gasteiger partial charge in [0, 0.05) is 54.0 Å². The average molecular weight is 516 g/mol. The summed E-state index contributed by atoms with van der Waals surface area (Å²) in [6.07, 6.45) is 2.58. The maximum Gasteiger partial charge on any atom is 0.280 e. The van der Waals surface area contributed by atoms with E-state index in [2.05, 4.69) is 27.2 Å². The second-order valence-electron chi connectivity index (χ2n) is 9.78. The Balaban J connectivity index is 1.42. The van der Waals surface area contributed by atoms with Crippen LogP contribution in [0.2, 0.25) is 5.02 Å². The molecule has 5 rings (SSSR count). The van der Waals surface area contributed by atoms with Crippen molar-refractivity contribution in [2.75, 3.05) is 27.3 Å². The molecule has 1 amide bonds. The van der Waals surface area contributed by atoms with Crippen molar-refractivity contribution in [2.45, 2.75) is 43.8 Å². The molecule has 10 heteroatoms. The van der Waals surface area contributed by atoms with Gasteiger partial charge in [0.1, 0.15) is 5.54 Å². The average Bonchev–Trinajstić information content (AvgIpc) is 3.44. The van der Waals surface area contributed by atoms with E-state index in [1.54, 1.807) is 19.2 Å². The number of methoxy groups -OCH3 is 1. The van der Waals surface area contributed by atoms with E-state index in [1.165, 1.54) is 11.3 Å². The van der Waals surface area contributed by atoms with Gasteiger partial charge in [-0.25, -0.2) is 4.98 Å². The summed E-state index contributed by atoms with van der Waals surface area (Å²) < 4.78 is 5.38. The topological polar surface area (TPSA) is 113 Å². The zero-order chi connectivity index (χ0) is 24.7. The third-order valence-electron chi connectivity index (χ3n) is 7.23. The SMILES string of the molecule is COCC1CCC(N)(C(=O)c2cc3cc(Cl)ccc3[nH]2)C(NC(=O)c2nc3c(s2)CN(C)CC3)C1. The minimum atomic E-state index is -1.25. The second kappa shape index (κ2) is 9.63. The number of H-pyrrole nitrogens is 1. The van der Waals surface area contributed by atoms with Crippen molar-refractivity contribution >= 4 is 45.5 Å². The van der Waals surface area contributed by atoms with E-state index < -0.39 is 11.6 Å². The first-order chi connectivity index (χ1) is 16.8. The summed E-state index contributed by atoms with van der Waals surface area (Å²) in [5, 5.41) is 4.95. The summed E-state index contributed by atoms with van der Waals surface area (Å²) in [7, 11) is 3.72. The summed E-state index contributed by atoms with van der Waals surface area (Å²) in [6.45, 7) is 2.28. The zero-order valence-electron chi connectivity index (χ0n) is 19.9. The molecule has 0 radical (unpaired) electrons. The number of Topliss-reactive ketones (excluding diaryl/α,β-unsaturated/α-hetero) is 1. The normalized spacial score (nSPS) is 24.9. The van der Waals surface area contributed by atoms with Gasteiger partial charge in [0.2, 0.25) is 5.78 Å². The lowest BCUT2D eigenvalue weighted by Crippen LogP contribution is -2.65. The number of nitrogens with one attached hydrogen (secondary N) is 2. The number of nitrogens with two attached hydrogens (primary N) is 1. The molecule has 4 N–H and O–H groups in total. The number of amides is 1. The number of nitrogens with zero attached hydrogens (tertiary/aromatic N) is 2. The summed E-state index contributed by atoms with van der Waals surface area (Å²) in [6, 6.07) is 6.66. The number of hydrogen-bond donors (Lipinski definition) is 3. The summed E-state index contributed by atoms with van der Waals surface area (Å²) >= 11 is 7.55. The lowest BCUT2D eigenvalue weighted by Gasteiger charge is -2.42. The van der Waals surface area contributed by atoms with E-state index in [-0.39, 0.29) is 17.6 Å². The van der Waals surface area contributed by atoms with Gasteiger partial charge in [-0.2, -0.15) is 0 Å². The van der Waals surface area contributed by atoms with Gasteiger partial charge in [-0.1, -0.05) is 11.6 Å². The van der Waals surface area contributed by atoms with Crippen LogP contribution < -0.4 is 11.1 Å². The molecule has 3 unspecified atom stereocenters. The molecular weight excluding hydrogens is 486 g/mol. The van der Waals surface area contributed by atoms with E-state index >= 15 is 0 Å². The van der Waals surface area contributed by atoms with Crippen molar-refractivity contribution in [2.24, 2.45) is 11.7 Å². The molecule has 0 spiro atoms. The minimum absolute atomic E-state index is 0.203. The van der Waals surface area contributed by atoms with E-state index in [0.717, 1.165) is 47.4 Å². The number of aromatic nitrogens is 2. The molecule has 0 bridgehead atoms. The van der Waals surface area contributed by atoms with Gasteiger partial charge in [0.15, 0.2) is 5.01 Å². The van der Waals surface area contributed by atoms with Gasteiger partial charge in [-0.3, -0.25) is 9.59 Å². The third-order valence-corrected chi connectivity index (χ3v) is 8.55. The quantitative estimate of drug-likeness (QED) is 0.434. The maximum atomic E-state index is 13.8. The van der Waals surface area contributed by atoms with Gasteiger partial charge < -0.3 is 25.7 Å². The molecule has 1 saturated carbocycles. The van der Waals surface area contributed by atoms with Crippen LogP contribution in [0.25, 0.3) is 10.9 Å². The molecular formula is C25H30ClN5O3S. The number of halogens is 1. The molecule has 1 aromatic carbocycles. The Hall–Kier alpha value is -2.30. The van der Waals surface area contributed by atoms with E-state index in [0.29, 0.717) is 35.2 Å². The highest BCUT2D eigenvalue weighted by molar-refractivity contribution is 7.13. The van der Waals surface area contributed by atoms with Crippen molar-refractivity contribution in [1.29, 1.82) is 0 Å². The van der Waals surface area contributed by atoms with Crippen LogP contribution in [-0.4, -0.2) is 65.4 Å². The van der Waals surface area contributed by atoms with Crippen molar-refractivity contribution in [3.05, 3.63) is 50.6 Å². The molecule has 3 aromatic rings. The van der Waals surface area contributed by atoms with E-state index in [9.17, 15) is 9.59 Å². The summed E-state index contributed by atoms with van der Waals surface area (Å²) in [5.74, 6) is -0.290. The molecule has 1 fully saturated rings. The fraction of sp³-hybridized carbons (Fsp3) is 0.480. The highest BCUT2D eigenvalue weighted by atomic mass is 35.5. The maximum absolute atomic E-state index is 13.8. The fourth-order valence-corrected chi connectivity index (χ4v) is 6.51. The van der Waals surface area contributed by atoms with Crippen LogP contribution in [0.5, 0.6) is 0 Å². The number of rotatable bonds is 6. The van der Waals surface area contributed by atoms with Crippen molar-refractivity contribution in [3.63, 3.8) is 0 Å². The van der Waals surface area contributed by atoms with Crippen LogP contribution in [0.15, 0.2) is 24.3 Å². The number of hydrogen-bond acceptors (Lipinski definition) is 7. The number of benzene rings is 1. The first-order valence-corrected chi connectivity index (χ1v) is 13.0. The van der Waals surface area contributed by atoms with Crippen molar-refractivity contribution in [3.8, 4) is 0 Å². The van der Waals surface area contributed by atoms with Crippen LogP contribution >= 0.6 is 22.9 Å². The number of ether oxygens (including phenoxy) is 1. The van der Waals surface area contributed by atoms with Gasteiger partial charge in [0.25, 0.3) is 5.91 Å². The van der Waals surface area contributed by atoms with Gasteiger partial charge in [0.05, 0.1) is 17.4 Å². The Bertz CT molecular complexity index is 1270. The Kier molecular flexibility index (Phi) is 6.71. The van der Waals surface area contributed by atoms with Gasteiger partial charge >= 0.3 is 0 Å². The number of fused-ring (bicyclic) bond motifs is 2. The molecule has 1 aliphatic heterocycles. The summed E-state index contributed by atoms with van der Waals surface area (Å²) in [5.41, 5.74) is 7.83. The highest BCUT2D eigenvalue weighted by Crippen LogP contribution is 2.35. The Morgan fingerprint density at radius 2 is 2.23 bits per heavy atom. The molecule has 3 heterocycles. The lowest BCUT2D eigenvalue weighted by atomic mass is 9.70. The largest absolute Gasteiger partial charge is 0.384 e. The van der Waals surface area contributed by atoms with Crippen LogP contribution in [-0.2, 0) is 17.7 Å². The summed E-state index contributed by atoms with van der Waals surface area (Å²) in [4.78, 5) is 38.2. The van der Waals surface area contributed by atoms with Crippen molar-refractivity contribution < 1.29 is 14.3 Å². The third kappa shape index (κ3) is 4.75. The van der Waals surface area contributed by atoms with Crippen LogP contribution in [0.1, 0.15) is 50.1 Å². The number of ketones is 1. The molecule has 2 aliphatic rings. The molecule has 35 heavy (non-hydrogen) atoms. The number of aromatic amines is 1. The van der Waals surface area contributed by atoms with Crippen LogP contribution in [0.4, 0.5) is 0 Å². The fourth-order valence-electron chi connectivity index (χ4n) is 5.24. The molecule has 0 saturated heterocycles. The number of likely N-dealkylation sites (N-methyl/N-ethyl adjacent to an activating group) is 1. The Labute approximate surface area is 213 Å².